The van der Waals surface area contributed by atoms with Crippen molar-refractivity contribution in [3.05, 3.63) is 28.2 Å². The molecule has 4 heteroatoms. The number of likely N-dealkylation sites (N-methyl/N-ethyl adjacent to an activating group) is 1. The van der Waals surface area contributed by atoms with Gasteiger partial charge in [0.1, 0.15) is 0 Å². The minimum atomic E-state index is 0.247. The van der Waals surface area contributed by atoms with E-state index in [0.29, 0.717) is 12.1 Å². The van der Waals surface area contributed by atoms with Gasteiger partial charge >= 0.3 is 0 Å². The summed E-state index contributed by atoms with van der Waals surface area (Å²) >= 11 is 3.56. The van der Waals surface area contributed by atoms with Gasteiger partial charge in [0.25, 0.3) is 0 Å². The van der Waals surface area contributed by atoms with Crippen molar-refractivity contribution >= 4 is 21.6 Å². The van der Waals surface area contributed by atoms with Gasteiger partial charge in [-0.15, -0.1) is 0 Å². The summed E-state index contributed by atoms with van der Waals surface area (Å²) in [5.41, 5.74) is 2.52. The van der Waals surface area contributed by atoms with Crippen molar-refractivity contribution < 1.29 is 5.11 Å². The summed E-state index contributed by atoms with van der Waals surface area (Å²) in [5, 5.41) is 9.30. The summed E-state index contributed by atoms with van der Waals surface area (Å²) in [7, 11) is 2.16. The van der Waals surface area contributed by atoms with Gasteiger partial charge in [-0.25, -0.2) is 0 Å². The lowest BCUT2D eigenvalue weighted by atomic mass is 10.0. The molecule has 0 bridgehead atoms. The van der Waals surface area contributed by atoms with Gasteiger partial charge in [-0.2, -0.15) is 0 Å². The van der Waals surface area contributed by atoms with Gasteiger partial charge in [-0.05, 0) is 51.1 Å². The Morgan fingerprint density at radius 3 is 2.74 bits per heavy atom. The van der Waals surface area contributed by atoms with E-state index in [1.165, 1.54) is 11.3 Å². The maximum absolute atomic E-state index is 9.30. The molecule has 19 heavy (non-hydrogen) atoms. The molecule has 1 fully saturated rings. The van der Waals surface area contributed by atoms with E-state index in [0.717, 1.165) is 24.0 Å². The molecule has 1 aromatic carbocycles. The third-order valence-electron chi connectivity index (χ3n) is 3.87. The van der Waals surface area contributed by atoms with Gasteiger partial charge < -0.3 is 14.9 Å². The summed E-state index contributed by atoms with van der Waals surface area (Å²) in [6.07, 6.45) is 0.823. The third-order valence-corrected chi connectivity index (χ3v) is 4.76. The molecule has 0 aliphatic carbocycles. The number of aryl methyl sites for hydroxylation is 1. The zero-order valence-corrected chi connectivity index (χ0v) is 13.5. The molecule has 0 radical (unpaired) electrons. The van der Waals surface area contributed by atoms with Crippen LogP contribution in [0.2, 0.25) is 0 Å². The third kappa shape index (κ3) is 3.30. The van der Waals surface area contributed by atoms with Crippen LogP contribution in [-0.4, -0.2) is 48.8 Å². The monoisotopic (exact) mass is 326 g/mol. The van der Waals surface area contributed by atoms with Crippen LogP contribution in [0.3, 0.4) is 0 Å². The Morgan fingerprint density at radius 1 is 1.37 bits per heavy atom. The minimum absolute atomic E-state index is 0.247. The minimum Gasteiger partial charge on any atom is -0.396 e. The molecular formula is C15H23BrN2O. The molecule has 2 rings (SSSR count). The Labute approximate surface area is 124 Å². The van der Waals surface area contributed by atoms with E-state index in [1.54, 1.807) is 0 Å². The fraction of sp³-hybridized carbons (Fsp3) is 0.600. The zero-order valence-electron chi connectivity index (χ0n) is 11.9. The molecule has 1 aliphatic heterocycles. The second kappa shape index (κ2) is 6.25. The Kier molecular flexibility index (Phi) is 4.87. The molecule has 1 N–H and O–H groups in total. The van der Waals surface area contributed by atoms with E-state index < -0.39 is 0 Å². The predicted molar refractivity (Wildman–Crippen MR) is 83.8 cm³/mol. The zero-order chi connectivity index (χ0) is 14.0. The van der Waals surface area contributed by atoms with E-state index in [1.807, 2.05) is 0 Å². The predicted octanol–water partition coefficient (Wildman–Crippen LogP) is 2.65. The van der Waals surface area contributed by atoms with Crippen molar-refractivity contribution in [1.29, 1.82) is 0 Å². The molecule has 0 amide bonds. The van der Waals surface area contributed by atoms with E-state index in [9.17, 15) is 5.11 Å². The number of hydrogen-bond donors (Lipinski definition) is 1. The maximum Gasteiger partial charge on any atom is 0.0451 e. The highest BCUT2D eigenvalue weighted by atomic mass is 79.9. The van der Waals surface area contributed by atoms with Crippen LogP contribution in [0.5, 0.6) is 0 Å². The first-order chi connectivity index (χ1) is 9.02. The van der Waals surface area contributed by atoms with Crippen molar-refractivity contribution in [3.63, 3.8) is 0 Å². The highest BCUT2D eigenvalue weighted by molar-refractivity contribution is 9.10. The first-order valence-electron chi connectivity index (χ1n) is 6.87. The van der Waals surface area contributed by atoms with Gasteiger partial charge in [0.15, 0.2) is 0 Å². The number of rotatable bonds is 3. The quantitative estimate of drug-likeness (QED) is 0.925. The Hall–Kier alpha value is -0.580. The average Bonchev–Trinajstić information content (AvgIpc) is 2.33. The highest BCUT2D eigenvalue weighted by Gasteiger charge is 2.30. The Morgan fingerprint density at radius 2 is 2.11 bits per heavy atom. The standard InChI is InChI=1S/C15H23BrN2O/c1-11-8-13(4-5-15(11)16)18-12(2)9-17(3)10-14(18)6-7-19/h4-5,8,12,14,19H,6-7,9-10H2,1-3H3. The maximum atomic E-state index is 9.30. The molecule has 1 saturated heterocycles. The number of halogens is 1. The number of hydrogen-bond acceptors (Lipinski definition) is 3. The van der Waals surface area contributed by atoms with E-state index in [-0.39, 0.29) is 6.61 Å². The van der Waals surface area contributed by atoms with Crippen molar-refractivity contribution in [2.45, 2.75) is 32.4 Å². The topological polar surface area (TPSA) is 26.7 Å². The van der Waals surface area contributed by atoms with Gasteiger partial charge in [0.05, 0.1) is 0 Å². The van der Waals surface area contributed by atoms with Crippen molar-refractivity contribution in [2.75, 3.05) is 31.6 Å². The van der Waals surface area contributed by atoms with Crippen LogP contribution in [0.25, 0.3) is 0 Å². The van der Waals surface area contributed by atoms with Gasteiger partial charge in [-0.3, -0.25) is 0 Å². The lowest BCUT2D eigenvalue weighted by molar-refractivity contribution is 0.198. The molecule has 106 valence electrons. The van der Waals surface area contributed by atoms with E-state index >= 15 is 0 Å². The van der Waals surface area contributed by atoms with E-state index in [4.69, 9.17) is 0 Å². The van der Waals surface area contributed by atoms with Crippen LogP contribution in [0.4, 0.5) is 5.69 Å². The van der Waals surface area contributed by atoms with Gasteiger partial charge in [0.2, 0.25) is 0 Å². The summed E-state index contributed by atoms with van der Waals surface area (Å²) in [5.74, 6) is 0. The summed E-state index contributed by atoms with van der Waals surface area (Å²) in [4.78, 5) is 4.82. The molecule has 3 nitrogen and oxygen atoms in total. The van der Waals surface area contributed by atoms with Crippen LogP contribution in [0.15, 0.2) is 22.7 Å². The fourth-order valence-electron chi connectivity index (χ4n) is 3.06. The SMILES string of the molecule is Cc1cc(N2C(C)CN(C)CC2CCO)ccc1Br. The van der Waals surface area contributed by atoms with Crippen molar-refractivity contribution in [1.82, 2.24) is 4.90 Å². The smallest absolute Gasteiger partial charge is 0.0451 e. The number of nitrogens with zero attached hydrogens (tertiary/aromatic N) is 2. The molecule has 0 aromatic heterocycles. The second-order valence-electron chi connectivity index (χ2n) is 5.58. The number of piperazine rings is 1. The first kappa shape index (κ1) is 14.8. The summed E-state index contributed by atoms with van der Waals surface area (Å²) in [6, 6.07) is 7.38. The van der Waals surface area contributed by atoms with Crippen LogP contribution in [0, 0.1) is 6.92 Å². The number of anilines is 1. The first-order valence-corrected chi connectivity index (χ1v) is 7.66. The van der Waals surface area contributed by atoms with Crippen LogP contribution >= 0.6 is 15.9 Å². The van der Waals surface area contributed by atoms with Crippen LogP contribution in [0.1, 0.15) is 18.9 Å². The van der Waals surface area contributed by atoms with Gasteiger partial charge in [0, 0.05) is 41.9 Å². The Bertz CT molecular complexity index is 438. The normalized spacial score (nSPS) is 24.8. The van der Waals surface area contributed by atoms with Crippen molar-refractivity contribution in [3.8, 4) is 0 Å². The molecule has 0 spiro atoms. The lowest BCUT2D eigenvalue weighted by Crippen LogP contribution is -2.57. The molecule has 0 saturated carbocycles. The molecule has 1 heterocycles. The van der Waals surface area contributed by atoms with Crippen molar-refractivity contribution in [2.24, 2.45) is 0 Å². The number of aliphatic hydroxyl groups excluding tert-OH is 1. The summed E-state index contributed by atoms with van der Waals surface area (Å²) in [6.45, 7) is 6.71. The molecule has 1 aliphatic rings. The van der Waals surface area contributed by atoms with Crippen LogP contribution < -0.4 is 4.90 Å². The second-order valence-corrected chi connectivity index (χ2v) is 6.43. The lowest BCUT2D eigenvalue weighted by Gasteiger charge is -2.46. The highest BCUT2D eigenvalue weighted by Crippen LogP contribution is 2.29. The molecule has 2 atom stereocenters. The van der Waals surface area contributed by atoms with E-state index in [2.05, 4.69) is 64.8 Å². The van der Waals surface area contributed by atoms with Gasteiger partial charge in [-0.1, -0.05) is 15.9 Å². The fourth-order valence-corrected chi connectivity index (χ4v) is 3.30. The average molecular weight is 327 g/mol. The number of benzene rings is 1. The molecule has 1 aromatic rings. The van der Waals surface area contributed by atoms with Crippen LogP contribution in [-0.2, 0) is 0 Å². The Balaban J connectivity index is 2.29. The summed E-state index contributed by atoms with van der Waals surface area (Å²) < 4.78 is 1.15. The molecule has 2 unspecified atom stereocenters. The number of aliphatic hydroxyl groups is 1. The molecular weight excluding hydrogens is 304 g/mol. The largest absolute Gasteiger partial charge is 0.396 e.